The number of rotatable bonds is 2. The van der Waals surface area contributed by atoms with Crippen molar-refractivity contribution in [3.05, 3.63) is 59.7 Å². The van der Waals surface area contributed by atoms with E-state index in [9.17, 15) is 4.79 Å². The van der Waals surface area contributed by atoms with Gasteiger partial charge in [-0.15, -0.1) is 0 Å². The zero-order valence-electron chi connectivity index (χ0n) is 13.7. The molecule has 0 unspecified atom stereocenters. The molecule has 2 aromatic carbocycles. The van der Waals surface area contributed by atoms with Crippen molar-refractivity contribution in [2.24, 2.45) is 0 Å². The van der Waals surface area contributed by atoms with E-state index in [0.29, 0.717) is 0 Å². The first-order valence-electron chi connectivity index (χ1n) is 8.06. The van der Waals surface area contributed by atoms with Gasteiger partial charge in [0.25, 0.3) is 0 Å². The molecule has 0 spiro atoms. The lowest BCUT2D eigenvalue weighted by molar-refractivity contribution is 0.208. The van der Waals surface area contributed by atoms with Crippen molar-refractivity contribution in [1.29, 1.82) is 0 Å². The molecule has 0 radical (unpaired) electrons. The lowest BCUT2D eigenvalue weighted by Crippen LogP contribution is -2.50. The van der Waals surface area contributed by atoms with E-state index in [1.807, 2.05) is 36.1 Å². The van der Waals surface area contributed by atoms with Crippen LogP contribution in [0.3, 0.4) is 0 Å². The lowest BCUT2D eigenvalue weighted by Gasteiger charge is -2.36. The molecule has 1 N–H and O–H groups in total. The maximum atomic E-state index is 12.4. The summed E-state index contributed by atoms with van der Waals surface area (Å²) in [7, 11) is 0. The first-order valence-corrected chi connectivity index (χ1v) is 8.06. The van der Waals surface area contributed by atoms with Crippen LogP contribution >= 0.6 is 0 Å². The Balaban J connectivity index is 1.58. The van der Waals surface area contributed by atoms with Crippen LogP contribution in [0, 0.1) is 13.8 Å². The second kappa shape index (κ2) is 6.73. The number of nitrogens with one attached hydrogen (secondary N) is 1. The molecule has 4 heteroatoms. The van der Waals surface area contributed by atoms with Crippen LogP contribution in [0.1, 0.15) is 11.1 Å². The minimum absolute atomic E-state index is 0.0139. The van der Waals surface area contributed by atoms with Crippen LogP contribution in [0.2, 0.25) is 0 Å². The quantitative estimate of drug-likeness (QED) is 0.919. The van der Waals surface area contributed by atoms with E-state index in [0.717, 1.165) is 37.4 Å². The fourth-order valence-corrected chi connectivity index (χ4v) is 2.99. The zero-order chi connectivity index (χ0) is 16.2. The molecule has 23 heavy (non-hydrogen) atoms. The molecule has 0 bridgehead atoms. The third-order valence-electron chi connectivity index (χ3n) is 4.29. The fraction of sp³-hybridized carbons (Fsp3) is 0.316. The first kappa shape index (κ1) is 15.4. The Morgan fingerprint density at radius 3 is 2.39 bits per heavy atom. The predicted molar refractivity (Wildman–Crippen MR) is 95.2 cm³/mol. The average molecular weight is 309 g/mol. The maximum Gasteiger partial charge on any atom is 0.321 e. The highest BCUT2D eigenvalue weighted by atomic mass is 16.2. The molecule has 0 aromatic heterocycles. The SMILES string of the molecule is Cc1cccc(NC(=O)N2CCN(c3ccccc3C)CC2)c1. The van der Waals surface area contributed by atoms with Gasteiger partial charge in [-0.05, 0) is 43.2 Å². The number of amides is 2. The van der Waals surface area contributed by atoms with Crippen LogP contribution in [-0.4, -0.2) is 37.1 Å². The Morgan fingerprint density at radius 1 is 0.957 bits per heavy atom. The summed E-state index contributed by atoms with van der Waals surface area (Å²) in [6.45, 7) is 7.37. The van der Waals surface area contributed by atoms with E-state index in [1.54, 1.807) is 0 Å². The number of nitrogens with zero attached hydrogens (tertiary/aromatic N) is 2. The Hall–Kier alpha value is -2.49. The minimum Gasteiger partial charge on any atom is -0.368 e. The Morgan fingerprint density at radius 2 is 1.70 bits per heavy atom. The standard InChI is InChI=1S/C19H23N3O/c1-15-6-5-8-17(14-15)20-19(23)22-12-10-21(11-13-22)18-9-4-3-7-16(18)2/h3-9,14H,10-13H2,1-2H3,(H,20,23). The van der Waals surface area contributed by atoms with Crippen molar-refractivity contribution < 1.29 is 4.79 Å². The minimum atomic E-state index is -0.0139. The van der Waals surface area contributed by atoms with Gasteiger partial charge in [-0.3, -0.25) is 0 Å². The number of urea groups is 1. The summed E-state index contributed by atoms with van der Waals surface area (Å²) >= 11 is 0. The number of carbonyl (C=O) groups is 1. The van der Waals surface area contributed by atoms with Gasteiger partial charge < -0.3 is 15.1 Å². The summed E-state index contributed by atoms with van der Waals surface area (Å²) in [4.78, 5) is 16.6. The van der Waals surface area contributed by atoms with Crippen LogP contribution in [-0.2, 0) is 0 Å². The fourth-order valence-electron chi connectivity index (χ4n) is 2.99. The third-order valence-corrected chi connectivity index (χ3v) is 4.29. The van der Waals surface area contributed by atoms with Crippen molar-refractivity contribution in [1.82, 2.24) is 4.90 Å². The van der Waals surface area contributed by atoms with E-state index in [2.05, 4.69) is 41.4 Å². The monoisotopic (exact) mass is 309 g/mol. The van der Waals surface area contributed by atoms with E-state index in [-0.39, 0.29) is 6.03 Å². The van der Waals surface area contributed by atoms with Crippen LogP contribution in [0.25, 0.3) is 0 Å². The molecule has 1 aliphatic rings. The lowest BCUT2D eigenvalue weighted by atomic mass is 10.1. The average Bonchev–Trinajstić information content (AvgIpc) is 2.55. The normalized spacial score (nSPS) is 14.7. The zero-order valence-corrected chi connectivity index (χ0v) is 13.7. The Bertz CT molecular complexity index is 691. The van der Waals surface area contributed by atoms with E-state index in [4.69, 9.17) is 0 Å². The Kier molecular flexibility index (Phi) is 4.51. The summed E-state index contributed by atoms with van der Waals surface area (Å²) in [5.41, 5.74) is 4.56. The number of carbonyl (C=O) groups excluding carboxylic acids is 1. The number of piperazine rings is 1. The van der Waals surface area contributed by atoms with Gasteiger partial charge in [-0.1, -0.05) is 30.3 Å². The molecule has 1 saturated heterocycles. The van der Waals surface area contributed by atoms with Gasteiger partial charge in [0.1, 0.15) is 0 Å². The first-order chi connectivity index (χ1) is 11.1. The largest absolute Gasteiger partial charge is 0.368 e. The molecule has 4 nitrogen and oxygen atoms in total. The molecule has 3 rings (SSSR count). The van der Waals surface area contributed by atoms with Crippen LogP contribution in [0.5, 0.6) is 0 Å². The number of anilines is 2. The molecule has 0 saturated carbocycles. The highest BCUT2D eigenvalue weighted by Crippen LogP contribution is 2.21. The van der Waals surface area contributed by atoms with E-state index >= 15 is 0 Å². The number of para-hydroxylation sites is 1. The Labute approximate surface area is 137 Å². The van der Waals surface area contributed by atoms with Gasteiger partial charge in [0, 0.05) is 37.6 Å². The molecule has 120 valence electrons. The van der Waals surface area contributed by atoms with Crippen molar-refractivity contribution in [2.75, 3.05) is 36.4 Å². The summed E-state index contributed by atoms with van der Waals surface area (Å²) in [5.74, 6) is 0. The molecule has 0 aliphatic carbocycles. The number of hydrogen-bond donors (Lipinski definition) is 1. The predicted octanol–water partition coefficient (Wildman–Crippen LogP) is 3.66. The van der Waals surface area contributed by atoms with E-state index < -0.39 is 0 Å². The molecular weight excluding hydrogens is 286 g/mol. The van der Waals surface area contributed by atoms with Crippen LogP contribution < -0.4 is 10.2 Å². The van der Waals surface area contributed by atoms with Crippen molar-refractivity contribution >= 4 is 17.4 Å². The second-order valence-electron chi connectivity index (χ2n) is 6.06. The number of aryl methyl sites for hydroxylation is 2. The second-order valence-corrected chi connectivity index (χ2v) is 6.06. The van der Waals surface area contributed by atoms with Gasteiger partial charge >= 0.3 is 6.03 Å². The van der Waals surface area contributed by atoms with Gasteiger partial charge in [-0.2, -0.15) is 0 Å². The topological polar surface area (TPSA) is 35.6 Å². The highest BCUT2D eigenvalue weighted by Gasteiger charge is 2.21. The van der Waals surface area contributed by atoms with Gasteiger partial charge in [0.2, 0.25) is 0 Å². The maximum absolute atomic E-state index is 12.4. The summed E-state index contributed by atoms with van der Waals surface area (Å²) in [6.07, 6.45) is 0. The molecule has 1 fully saturated rings. The summed E-state index contributed by atoms with van der Waals surface area (Å²) < 4.78 is 0. The van der Waals surface area contributed by atoms with Gasteiger partial charge in [-0.25, -0.2) is 4.79 Å². The van der Waals surface area contributed by atoms with Crippen molar-refractivity contribution in [3.8, 4) is 0 Å². The summed E-state index contributed by atoms with van der Waals surface area (Å²) in [6, 6.07) is 16.3. The number of hydrogen-bond acceptors (Lipinski definition) is 2. The molecule has 1 heterocycles. The molecule has 0 atom stereocenters. The van der Waals surface area contributed by atoms with Crippen molar-refractivity contribution in [2.45, 2.75) is 13.8 Å². The third kappa shape index (κ3) is 3.65. The highest BCUT2D eigenvalue weighted by molar-refractivity contribution is 5.89. The van der Waals surface area contributed by atoms with Gasteiger partial charge in [0.05, 0.1) is 0 Å². The van der Waals surface area contributed by atoms with Gasteiger partial charge in [0.15, 0.2) is 0 Å². The van der Waals surface area contributed by atoms with Crippen molar-refractivity contribution in [3.63, 3.8) is 0 Å². The van der Waals surface area contributed by atoms with E-state index in [1.165, 1.54) is 11.3 Å². The molecule has 2 aromatic rings. The molecule has 1 aliphatic heterocycles. The summed E-state index contributed by atoms with van der Waals surface area (Å²) in [5, 5.41) is 2.99. The smallest absolute Gasteiger partial charge is 0.321 e. The number of benzene rings is 2. The van der Waals surface area contributed by atoms with Crippen LogP contribution in [0.4, 0.5) is 16.2 Å². The molecule has 2 amide bonds. The molecular formula is C19H23N3O. The van der Waals surface area contributed by atoms with Crippen LogP contribution in [0.15, 0.2) is 48.5 Å².